The van der Waals surface area contributed by atoms with Gasteiger partial charge in [-0.05, 0) is 42.4 Å². The van der Waals surface area contributed by atoms with Crippen molar-refractivity contribution in [1.29, 1.82) is 0 Å². The van der Waals surface area contributed by atoms with Gasteiger partial charge >= 0.3 is 18.2 Å². The minimum absolute atomic E-state index is 0.0859. The zero-order valence-corrected chi connectivity index (χ0v) is 25.4. The molecule has 1 fully saturated rings. The van der Waals surface area contributed by atoms with Crippen molar-refractivity contribution >= 4 is 30.0 Å². The Morgan fingerprint density at radius 1 is 1.14 bits per heavy atom. The van der Waals surface area contributed by atoms with E-state index in [4.69, 9.17) is 19.4 Å². The highest BCUT2D eigenvalue weighted by atomic mass is 19.4. The Labute approximate surface area is 255 Å². The summed E-state index contributed by atoms with van der Waals surface area (Å²) >= 11 is 0. The Balaban J connectivity index is 0.000000860. The molecule has 10 nitrogen and oxygen atoms in total. The molecule has 0 aromatic heterocycles. The monoisotopic (exact) mass is 625 g/mol. The second kappa shape index (κ2) is 16.8. The predicted molar refractivity (Wildman–Crippen MR) is 153 cm³/mol. The molecule has 2 aliphatic heterocycles. The zero-order chi connectivity index (χ0) is 33.0. The van der Waals surface area contributed by atoms with Crippen LogP contribution < -0.4 is 10.4 Å². The summed E-state index contributed by atoms with van der Waals surface area (Å²) in [6.07, 6.45) is 1.93. The average Bonchev–Trinajstić information content (AvgIpc) is 3.60. The minimum atomic E-state index is -5.19. The van der Waals surface area contributed by atoms with E-state index in [9.17, 15) is 27.6 Å². The zero-order valence-electron chi connectivity index (χ0n) is 25.4. The molecule has 3 rings (SSSR count). The smallest absolute Gasteiger partial charge is 0.430 e. The lowest BCUT2D eigenvalue weighted by molar-refractivity contribution is -0.683. The van der Waals surface area contributed by atoms with E-state index >= 15 is 0 Å². The normalized spacial score (nSPS) is 18.2. The molecule has 1 saturated heterocycles. The van der Waals surface area contributed by atoms with Crippen LogP contribution in [0.1, 0.15) is 62.6 Å². The largest absolute Gasteiger partial charge is 0.542 e. The number of nitrogens with two attached hydrogens (primary N) is 1. The summed E-state index contributed by atoms with van der Waals surface area (Å²) in [5, 5.41) is 10.9. The number of allylic oxidation sites excluding steroid dienone is 1. The second-order valence-electron chi connectivity index (χ2n) is 11.0. The number of carbonyl (C=O) groups is 4. The molecule has 2 aliphatic rings. The maximum Gasteiger partial charge on any atom is 0.430 e. The van der Waals surface area contributed by atoms with Crippen molar-refractivity contribution in [2.75, 3.05) is 20.2 Å². The van der Waals surface area contributed by atoms with Gasteiger partial charge in [0.25, 0.3) is 5.91 Å². The van der Waals surface area contributed by atoms with Gasteiger partial charge in [0.1, 0.15) is 18.1 Å². The maximum absolute atomic E-state index is 13.6. The number of rotatable bonds is 12. The van der Waals surface area contributed by atoms with Gasteiger partial charge in [0.05, 0.1) is 26.7 Å². The minimum Gasteiger partial charge on any atom is -0.542 e. The molecule has 1 aromatic rings. The molecule has 44 heavy (non-hydrogen) atoms. The molecule has 0 spiro atoms. The van der Waals surface area contributed by atoms with Crippen molar-refractivity contribution in [3.63, 3.8) is 0 Å². The number of ether oxygens (including phenoxy) is 2. The van der Waals surface area contributed by atoms with Crippen molar-refractivity contribution in [2.24, 2.45) is 5.92 Å². The summed E-state index contributed by atoms with van der Waals surface area (Å²) < 4.78 is 42.4. The Bertz CT molecular complexity index is 1190. The first-order valence-corrected chi connectivity index (χ1v) is 14.5. The van der Waals surface area contributed by atoms with Crippen molar-refractivity contribution < 1.29 is 52.2 Å². The fourth-order valence-electron chi connectivity index (χ4n) is 5.23. The van der Waals surface area contributed by atoms with Crippen LogP contribution in [0.4, 0.5) is 18.0 Å². The lowest BCUT2D eigenvalue weighted by atomic mass is 10.0. The Morgan fingerprint density at radius 2 is 1.82 bits per heavy atom. The van der Waals surface area contributed by atoms with Gasteiger partial charge in [-0.25, -0.2) is 9.59 Å². The van der Waals surface area contributed by atoms with Crippen molar-refractivity contribution in [2.45, 2.75) is 83.4 Å². The predicted octanol–water partition coefficient (Wildman–Crippen LogP) is 2.56. The molecule has 244 valence electrons. The number of methoxy groups -OCH3 is 1. The second-order valence-corrected chi connectivity index (χ2v) is 11.0. The first-order chi connectivity index (χ1) is 20.7. The SMILES string of the molecule is C=CCCCCC[NH2+][C@H](C(=O)N1C[C@H](OC(=O)N2Cc3cccc(C=C)c3C2)C[C@H]1C(=O)OC)C(C)C.O=C([O-])C(F)(F)F. The Morgan fingerprint density at radius 3 is 2.39 bits per heavy atom. The van der Waals surface area contributed by atoms with E-state index in [0.29, 0.717) is 13.1 Å². The number of esters is 1. The van der Waals surface area contributed by atoms with Crippen molar-refractivity contribution in [3.05, 3.63) is 54.1 Å². The number of hydrogen-bond acceptors (Lipinski definition) is 7. The molecule has 0 aliphatic carbocycles. The summed E-state index contributed by atoms with van der Waals surface area (Å²) in [6, 6.07) is 4.86. The number of unbranched alkanes of at least 4 members (excludes halogenated alkanes) is 3. The molecule has 2 amide bonds. The Hall–Kier alpha value is -3.87. The average molecular weight is 626 g/mol. The van der Waals surface area contributed by atoms with Crippen molar-refractivity contribution in [3.8, 4) is 0 Å². The Kier molecular flexibility index (Phi) is 13.9. The van der Waals surface area contributed by atoms with Gasteiger partial charge in [0.2, 0.25) is 0 Å². The molecule has 0 bridgehead atoms. The first-order valence-electron chi connectivity index (χ1n) is 14.5. The van der Waals surface area contributed by atoms with Crippen LogP contribution in [-0.2, 0) is 36.9 Å². The third kappa shape index (κ3) is 10.1. The van der Waals surface area contributed by atoms with E-state index in [0.717, 1.165) is 48.9 Å². The van der Waals surface area contributed by atoms with Gasteiger partial charge in [-0.3, -0.25) is 9.69 Å². The van der Waals surface area contributed by atoms with Crippen molar-refractivity contribution in [1.82, 2.24) is 9.80 Å². The van der Waals surface area contributed by atoms with Crippen LogP contribution in [0.25, 0.3) is 6.08 Å². The van der Waals surface area contributed by atoms with Gasteiger partial charge in [-0.15, -0.1) is 6.58 Å². The summed E-state index contributed by atoms with van der Waals surface area (Å²) in [5.41, 5.74) is 3.16. The molecule has 13 heteroatoms. The number of carboxylic acids is 1. The quantitative estimate of drug-likeness (QED) is 0.215. The molecule has 3 atom stereocenters. The number of carboxylic acid groups (broad SMARTS) is 1. The van der Waals surface area contributed by atoms with Crippen LogP contribution in [0.15, 0.2) is 37.4 Å². The van der Waals surface area contributed by atoms with Crippen LogP contribution in [0, 0.1) is 5.92 Å². The number of halogens is 3. The van der Waals surface area contributed by atoms with Crippen LogP contribution in [0.3, 0.4) is 0 Å². The molecular weight excluding hydrogens is 583 g/mol. The summed E-state index contributed by atoms with van der Waals surface area (Å²) in [7, 11) is 1.32. The molecule has 2 N–H and O–H groups in total. The number of amides is 2. The van der Waals surface area contributed by atoms with Gasteiger partial charge < -0.3 is 29.6 Å². The van der Waals surface area contributed by atoms with Crippen LogP contribution in [0.2, 0.25) is 0 Å². The number of nitrogens with zero attached hydrogens (tertiary/aromatic N) is 2. The van der Waals surface area contributed by atoms with E-state index in [-0.39, 0.29) is 30.8 Å². The number of fused-ring (bicyclic) bond motifs is 1. The first kappa shape index (κ1) is 36.3. The molecule has 2 heterocycles. The fraction of sp³-hybridized carbons (Fsp3) is 0.548. The summed E-state index contributed by atoms with van der Waals surface area (Å²) in [5.74, 6) is -3.52. The van der Waals surface area contributed by atoms with E-state index in [2.05, 4.69) is 18.5 Å². The fourth-order valence-corrected chi connectivity index (χ4v) is 5.23. The third-order valence-electron chi connectivity index (χ3n) is 7.55. The maximum atomic E-state index is 13.6. The number of likely N-dealkylation sites (tertiary alicyclic amines) is 1. The van der Waals surface area contributed by atoms with Crippen LogP contribution in [0.5, 0.6) is 0 Å². The number of benzene rings is 1. The summed E-state index contributed by atoms with van der Waals surface area (Å²) in [6.45, 7) is 13.6. The number of quaternary nitrogens is 1. The molecule has 0 saturated carbocycles. The lowest BCUT2D eigenvalue weighted by Crippen LogP contribution is -2.94. The number of carbonyl (C=O) groups excluding carboxylic acids is 4. The molecule has 0 unspecified atom stereocenters. The van der Waals surface area contributed by atoms with E-state index in [1.807, 2.05) is 38.1 Å². The highest BCUT2D eigenvalue weighted by molar-refractivity contribution is 5.87. The molecule has 1 aromatic carbocycles. The van der Waals surface area contributed by atoms with Gasteiger partial charge in [-0.2, -0.15) is 13.2 Å². The van der Waals surface area contributed by atoms with E-state index in [1.54, 1.807) is 15.9 Å². The van der Waals surface area contributed by atoms with E-state index in [1.165, 1.54) is 7.11 Å². The molecule has 0 radical (unpaired) electrons. The highest BCUT2D eigenvalue weighted by Crippen LogP contribution is 2.29. The van der Waals surface area contributed by atoms with Crippen LogP contribution >= 0.6 is 0 Å². The van der Waals surface area contributed by atoms with E-state index < -0.39 is 36.4 Å². The third-order valence-corrected chi connectivity index (χ3v) is 7.55. The van der Waals surface area contributed by atoms with Crippen LogP contribution in [-0.4, -0.2) is 78.3 Å². The lowest BCUT2D eigenvalue weighted by Gasteiger charge is -2.27. The number of hydrogen-bond donors (Lipinski definition) is 1. The van der Waals surface area contributed by atoms with Gasteiger partial charge in [0, 0.05) is 18.9 Å². The number of aliphatic carboxylic acids is 1. The van der Waals surface area contributed by atoms with Gasteiger partial charge in [0.15, 0.2) is 6.04 Å². The highest BCUT2D eigenvalue weighted by Gasteiger charge is 2.46. The summed E-state index contributed by atoms with van der Waals surface area (Å²) in [4.78, 5) is 51.2. The topological polar surface area (TPSA) is 133 Å². The molecular formula is C31H42F3N3O7. The number of alkyl halides is 3. The standard InChI is InChI=1S/C29H41N3O5.C2HF3O2/c1-6-8-9-10-11-15-30-26(20(3)4)27(33)32-18-23(16-25(32)28(34)36-5)37-29(35)31-17-22-14-12-13-21(7-2)24(22)19-31;3-2(4,5)1(6)7/h6-7,12-14,20,23,25-26,30H,1-2,8-11,15-19H2,3-5H3;(H,6,7)/t23-,25+,26+;/m1./s1. The van der Waals surface area contributed by atoms with Gasteiger partial charge in [-0.1, -0.05) is 50.8 Å².